The smallest absolute Gasteiger partial charge is 0.161 e. The molecule has 8 rings (SSSR count). The van der Waals surface area contributed by atoms with E-state index in [4.69, 9.17) is 56.8 Å². The van der Waals surface area contributed by atoms with Gasteiger partial charge >= 0.3 is 0 Å². The molecule has 66 heavy (non-hydrogen) atoms. The van der Waals surface area contributed by atoms with Crippen LogP contribution < -0.4 is 56.8 Å². The molecule has 0 amide bonds. The van der Waals surface area contributed by atoms with Gasteiger partial charge in [0.25, 0.3) is 0 Å². The van der Waals surface area contributed by atoms with Crippen molar-refractivity contribution in [3.63, 3.8) is 0 Å². The fourth-order valence-electron chi connectivity index (χ4n) is 8.98. The van der Waals surface area contributed by atoms with Crippen molar-refractivity contribution >= 4 is 0 Å². The number of ether oxygens (including phenoxy) is 12. The normalized spacial score (nSPS) is 12.2. The number of hydrogen-bond donors (Lipinski definition) is 0. The van der Waals surface area contributed by atoms with E-state index in [1.54, 1.807) is 85.3 Å². The van der Waals surface area contributed by atoms with Gasteiger partial charge in [0.1, 0.15) is 0 Å². The predicted octanol–water partition coefficient (Wildman–Crippen LogP) is 9.65. The van der Waals surface area contributed by atoms with Crippen LogP contribution in [0.3, 0.4) is 0 Å². The maximum absolute atomic E-state index is 5.61. The lowest BCUT2D eigenvalue weighted by molar-refractivity contribution is 0.353. The van der Waals surface area contributed by atoms with Crippen molar-refractivity contribution in [2.24, 2.45) is 0 Å². The van der Waals surface area contributed by atoms with Gasteiger partial charge in [0.15, 0.2) is 69.0 Å². The number of hydrogen-bond acceptors (Lipinski definition) is 12. The first kappa shape index (κ1) is 46.9. The zero-order valence-electron chi connectivity index (χ0n) is 40.1. The molecule has 348 valence electrons. The summed E-state index contributed by atoms with van der Waals surface area (Å²) >= 11 is 0. The van der Waals surface area contributed by atoms with Crippen molar-refractivity contribution in [2.45, 2.75) is 38.5 Å². The van der Waals surface area contributed by atoms with E-state index in [1.165, 1.54) is 66.8 Å². The van der Waals surface area contributed by atoms with Gasteiger partial charge in [-0.3, -0.25) is 0 Å². The summed E-state index contributed by atoms with van der Waals surface area (Å²) in [5.74, 6) is 8.56. The first-order valence-corrected chi connectivity index (χ1v) is 21.5. The van der Waals surface area contributed by atoms with Crippen molar-refractivity contribution in [1.82, 2.24) is 0 Å². The first-order chi connectivity index (χ1) is 32.1. The van der Waals surface area contributed by atoms with Crippen molar-refractivity contribution in [2.75, 3.05) is 85.3 Å². The highest BCUT2D eigenvalue weighted by Gasteiger charge is 2.24. The Morgan fingerprint density at radius 3 is 0.303 bits per heavy atom. The molecule has 2 aliphatic carbocycles. The third-order valence-corrected chi connectivity index (χ3v) is 12.5. The molecular weight excluding hydrogens is 841 g/mol. The third kappa shape index (κ3) is 9.49. The molecule has 2 aliphatic rings. The van der Waals surface area contributed by atoms with Crippen LogP contribution >= 0.6 is 0 Å². The van der Waals surface area contributed by atoms with Gasteiger partial charge in [-0.25, -0.2) is 0 Å². The fourth-order valence-corrected chi connectivity index (χ4v) is 8.98. The molecule has 0 atom stereocenters. The van der Waals surface area contributed by atoms with Crippen LogP contribution in [0.2, 0.25) is 0 Å². The summed E-state index contributed by atoms with van der Waals surface area (Å²) in [6.07, 6.45) is 4.38. The molecule has 0 saturated carbocycles. The van der Waals surface area contributed by atoms with Gasteiger partial charge in [-0.2, -0.15) is 0 Å². The van der Waals surface area contributed by atoms with Gasteiger partial charge in [0, 0.05) is 0 Å². The average Bonchev–Trinajstić information content (AvgIpc) is 3.45. The minimum atomic E-state index is 0.713. The molecule has 0 radical (unpaired) electrons. The molecular formula is C54H60O12. The Balaban J connectivity index is 0.000000196. The Morgan fingerprint density at radius 2 is 0.242 bits per heavy atom. The Labute approximate surface area is 388 Å². The molecule has 0 spiro atoms. The summed E-state index contributed by atoms with van der Waals surface area (Å²) in [6.45, 7) is 0. The van der Waals surface area contributed by atoms with E-state index in [0.29, 0.717) is 69.0 Å². The maximum atomic E-state index is 5.61. The van der Waals surface area contributed by atoms with Crippen molar-refractivity contribution in [1.29, 1.82) is 0 Å². The van der Waals surface area contributed by atoms with Crippen LogP contribution in [0.5, 0.6) is 69.0 Å². The summed E-state index contributed by atoms with van der Waals surface area (Å²) in [4.78, 5) is 0. The summed E-state index contributed by atoms with van der Waals surface area (Å²) in [5.41, 5.74) is 14.0. The molecule has 0 saturated heterocycles. The molecule has 6 aromatic carbocycles. The summed E-state index contributed by atoms with van der Waals surface area (Å²) < 4.78 is 67.3. The molecule has 6 aromatic rings. The zero-order valence-corrected chi connectivity index (χ0v) is 40.1. The number of rotatable bonds is 12. The molecule has 0 N–H and O–H groups in total. The average molecular weight is 901 g/mol. The van der Waals surface area contributed by atoms with E-state index >= 15 is 0 Å². The van der Waals surface area contributed by atoms with Gasteiger partial charge < -0.3 is 56.8 Å². The van der Waals surface area contributed by atoms with Gasteiger partial charge in [0.05, 0.1) is 85.3 Å². The molecule has 0 bridgehead atoms. The van der Waals surface area contributed by atoms with Crippen molar-refractivity contribution < 1.29 is 56.8 Å². The SMILES string of the molecule is COc1cc2c(cc1OC)Cc1cc(OC)c(OC)cc1Cc1cc(OC)c(OC)cc1C2.COc1cc2c(cc1OC)Cc1cc(OC)c(OC)cc1Cc1cc(OC)c(OC)cc1C2. The van der Waals surface area contributed by atoms with Crippen LogP contribution in [0.4, 0.5) is 0 Å². The summed E-state index contributed by atoms with van der Waals surface area (Å²) in [6, 6.07) is 24.8. The molecule has 0 unspecified atom stereocenters. The lowest BCUT2D eigenvalue weighted by atomic mass is 9.94. The highest BCUT2D eigenvalue weighted by atomic mass is 16.5. The second kappa shape index (κ2) is 20.8. The van der Waals surface area contributed by atoms with Crippen LogP contribution in [0, 0.1) is 0 Å². The highest BCUT2D eigenvalue weighted by molar-refractivity contribution is 5.60. The van der Waals surface area contributed by atoms with E-state index < -0.39 is 0 Å². The largest absolute Gasteiger partial charge is 0.493 e. The molecule has 12 nitrogen and oxygen atoms in total. The summed E-state index contributed by atoms with van der Waals surface area (Å²) in [7, 11) is 19.9. The molecule has 0 aromatic heterocycles. The number of benzene rings is 6. The van der Waals surface area contributed by atoms with Crippen LogP contribution in [-0.2, 0) is 38.5 Å². The molecule has 12 heteroatoms. The van der Waals surface area contributed by atoms with E-state index in [-0.39, 0.29) is 0 Å². The van der Waals surface area contributed by atoms with E-state index in [0.717, 1.165) is 38.5 Å². The van der Waals surface area contributed by atoms with Crippen LogP contribution in [0.25, 0.3) is 0 Å². The second-order valence-corrected chi connectivity index (χ2v) is 15.9. The van der Waals surface area contributed by atoms with Gasteiger partial charge in [0.2, 0.25) is 0 Å². The van der Waals surface area contributed by atoms with Gasteiger partial charge in [-0.1, -0.05) is 0 Å². The number of fused-ring (bicyclic) bond motifs is 6. The minimum Gasteiger partial charge on any atom is -0.493 e. The maximum Gasteiger partial charge on any atom is 0.161 e. The third-order valence-electron chi connectivity index (χ3n) is 12.5. The van der Waals surface area contributed by atoms with Crippen molar-refractivity contribution in [3.05, 3.63) is 140 Å². The first-order valence-electron chi connectivity index (χ1n) is 21.5. The standard InChI is InChI=1S/2C27H30O6/c2*1-28-22-10-16-7-18-12-24(30-3)26(32-5)14-20(18)9-21-15-27(33-6)25(31-4)13-19(21)8-17(16)11-23(22)29-2/h2*10-15H,7-9H2,1-6H3. The van der Waals surface area contributed by atoms with E-state index in [2.05, 4.69) is 72.8 Å². The fraction of sp³-hybridized carbons (Fsp3) is 0.333. The predicted molar refractivity (Wildman–Crippen MR) is 254 cm³/mol. The Morgan fingerprint density at radius 1 is 0.167 bits per heavy atom. The summed E-state index contributed by atoms with van der Waals surface area (Å²) in [5, 5.41) is 0. The Kier molecular flexibility index (Phi) is 14.8. The van der Waals surface area contributed by atoms with Gasteiger partial charge in [-0.15, -0.1) is 0 Å². The van der Waals surface area contributed by atoms with E-state index in [9.17, 15) is 0 Å². The lowest BCUT2D eigenvalue weighted by Gasteiger charge is -2.17. The Bertz CT molecular complexity index is 2050. The monoisotopic (exact) mass is 900 g/mol. The van der Waals surface area contributed by atoms with Gasteiger partial charge in [-0.05, 0) is 178 Å². The van der Waals surface area contributed by atoms with Crippen LogP contribution in [0.15, 0.2) is 72.8 Å². The number of methoxy groups -OCH3 is 12. The van der Waals surface area contributed by atoms with Crippen LogP contribution in [-0.4, -0.2) is 85.3 Å². The molecule has 0 heterocycles. The topological polar surface area (TPSA) is 111 Å². The Hall–Kier alpha value is -7.08. The zero-order chi connectivity index (χ0) is 47.1. The van der Waals surface area contributed by atoms with Crippen LogP contribution in [0.1, 0.15) is 66.8 Å². The lowest BCUT2D eigenvalue weighted by Crippen LogP contribution is -2.02. The highest BCUT2D eigenvalue weighted by Crippen LogP contribution is 2.43. The quantitative estimate of drug-likeness (QED) is 0.116. The minimum absolute atomic E-state index is 0.713. The molecule has 0 aliphatic heterocycles. The molecule has 0 fully saturated rings. The van der Waals surface area contributed by atoms with Crippen molar-refractivity contribution in [3.8, 4) is 69.0 Å². The second-order valence-electron chi connectivity index (χ2n) is 15.9. The van der Waals surface area contributed by atoms with E-state index in [1.807, 2.05) is 0 Å².